The van der Waals surface area contributed by atoms with Crippen molar-refractivity contribution in [2.45, 2.75) is 6.54 Å². The molecule has 1 N–H and O–H groups in total. The number of thiophene rings is 1. The van der Waals surface area contributed by atoms with E-state index >= 15 is 0 Å². The summed E-state index contributed by atoms with van der Waals surface area (Å²) in [4.78, 5) is 14.0. The van der Waals surface area contributed by atoms with E-state index in [0.717, 1.165) is 12.1 Å². The lowest BCUT2D eigenvalue weighted by atomic mass is 10.3. The van der Waals surface area contributed by atoms with Gasteiger partial charge in [0.1, 0.15) is 11.0 Å². The van der Waals surface area contributed by atoms with Crippen LogP contribution >= 0.6 is 22.9 Å². The molecular weight excluding hydrogens is 292 g/mol. The van der Waals surface area contributed by atoms with Crippen molar-refractivity contribution >= 4 is 28.8 Å². The number of nitrogens with zero attached hydrogens (tertiary/aromatic N) is 3. The third-order valence-corrected chi connectivity index (χ3v) is 3.71. The van der Waals surface area contributed by atoms with Gasteiger partial charge in [-0.15, -0.1) is 11.3 Å². The largest absolute Gasteiger partial charge is 0.365 e. The molecule has 0 saturated heterocycles. The summed E-state index contributed by atoms with van der Waals surface area (Å²) in [6, 6.07) is 9.56. The lowest BCUT2D eigenvalue weighted by molar-refractivity contribution is 1.10. The van der Waals surface area contributed by atoms with Crippen LogP contribution in [0.25, 0.3) is 11.4 Å². The summed E-state index contributed by atoms with van der Waals surface area (Å²) in [6.07, 6.45) is 3.43. The molecule has 100 valence electrons. The second-order valence-corrected chi connectivity index (χ2v) is 5.49. The van der Waals surface area contributed by atoms with Gasteiger partial charge in [-0.3, -0.25) is 4.98 Å². The molecule has 3 aromatic heterocycles. The molecule has 20 heavy (non-hydrogen) atoms. The number of anilines is 1. The topological polar surface area (TPSA) is 50.7 Å². The molecule has 0 saturated carbocycles. The Bertz CT molecular complexity index is 686. The lowest BCUT2D eigenvalue weighted by Gasteiger charge is -2.07. The van der Waals surface area contributed by atoms with Gasteiger partial charge < -0.3 is 5.32 Å². The van der Waals surface area contributed by atoms with Gasteiger partial charge in [0.05, 0.1) is 6.54 Å². The van der Waals surface area contributed by atoms with Crippen LogP contribution in [-0.2, 0) is 6.54 Å². The van der Waals surface area contributed by atoms with Crippen molar-refractivity contribution in [3.63, 3.8) is 0 Å². The quantitative estimate of drug-likeness (QED) is 0.743. The van der Waals surface area contributed by atoms with Crippen LogP contribution in [0.15, 0.2) is 48.1 Å². The third kappa shape index (κ3) is 3.12. The smallest absolute Gasteiger partial charge is 0.164 e. The summed E-state index contributed by atoms with van der Waals surface area (Å²) in [6.45, 7) is 0.720. The number of hydrogen-bond acceptors (Lipinski definition) is 5. The molecule has 0 bridgehead atoms. The fourth-order valence-corrected chi connectivity index (χ4v) is 2.55. The van der Waals surface area contributed by atoms with E-state index in [-0.39, 0.29) is 0 Å². The number of rotatable bonds is 4. The standard InChI is InChI=1S/C14H11ClN4S/c15-12-7-13(17-9-11-4-2-6-20-11)19-14(18-12)10-3-1-5-16-8-10/h1-8H,9H2,(H,17,18,19). The average Bonchev–Trinajstić information content (AvgIpc) is 2.99. The van der Waals surface area contributed by atoms with Crippen molar-refractivity contribution in [3.05, 3.63) is 58.1 Å². The Morgan fingerprint density at radius 1 is 1.20 bits per heavy atom. The van der Waals surface area contributed by atoms with Gasteiger partial charge in [-0.1, -0.05) is 17.7 Å². The summed E-state index contributed by atoms with van der Waals surface area (Å²) in [5.74, 6) is 1.27. The molecule has 3 rings (SSSR count). The van der Waals surface area contributed by atoms with Crippen molar-refractivity contribution in [3.8, 4) is 11.4 Å². The molecule has 4 nitrogen and oxygen atoms in total. The molecule has 0 atom stereocenters. The molecule has 0 radical (unpaired) electrons. The number of nitrogens with one attached hydrogen (secondary N) is 1. The number of pyridine rings is 1. The second kappa shape index (κ2) is 5.98. The Labute approximate surface area is 125 Å². The Morgan fingerprint density at radius 2 is 2.15 bits per heavy atom. The van der Waals surface area contributed by atoms with Crippen LogP contribution in [0.3, 0.4) is 0 Å². The van der Waals surface area contributed by atoms with Gasteiger partial charge in [0.2, 0.25) is 0 Å². The van der Waals surface area contributed by atoms with Crippen LogP contribution in [-0.4, -0.2) is 15.0 Å². The van der Waals surface area contributed by atoms with Crippen molar-refractivity contribution < 1.29 is 0 Å². The van der Waals surface area contributed by atoms with Gasteiger partial charge in [0.15, 0.2) is 5.82 Å². The van der Waals surface area contributed by atoms with E-state index in [0.29, 0.717) is 16.8 Å². The fraction of sp³-hybridized carbons (Fsp3) is 0.0714. The third-order valence-electron chi connectivity index (χ3n) is 2.64. The highest BCUT2D eigenvalue weighted by Gasteiger charge is 2.06. The predicted molar refractivity (Wildman–Crippen MR) is 81.9 cm³/mol. The second-order valence-electron chi connectivity index (χ2n) is 4.07. The molecule has 0 spiro atoms. The Hall–Kier alpha value is -1.98. The summed E-state index contributed by atoms with van der Waals surface area (Å²) in [5.41, 5.74) is 0.842. The van der Waals surface area contributed by atoms with Crippen LogP contribution in [0.4, 0.5) is 5.82 Å². The molecule has 0 fully saturated rings. The molecule has 3 heterocycles. The maximum absolute atomic E-state index is 6.05. The van der Waals surface area contributed by atoms with Gasteiger partial charge >= 0.3 is 0 Å². The van der Waals surface area contributed by atoms with E-state index in [1.807, 2.05) is 23.6 Å². The first-order valence-corrected chi connectivity index (χ1v) is 7.28. The van der Waals surface area contributed by atoms with E-state index < -0.39 is 0 Å². The zero-order valence-corrected chi connectivity index (χ0v) is 12.0. The maximum Gasteiger partial charge on any atom is 0.164 e. The van der Waals surface area contributed by atoms with Gasteiger partial charge in [0.25, 0.3) is 0 Å². The maximum atomic E-state index is 6.05. The molecule has 0 aliphatic carbocycles. The fourth-order valence-electron chi connectivity index (χ4n) is 1.72. The predicted octanol–water partition coefficient (Wildman–Crippen LogP) is 3.87. The molecular formula is C14H11ClN4S. The van der Waals surface area contributed by atoms with E-state index in [4.69, 9.17) is 11.6 Å². The van der Waals surface area contributed by atoms with E-state index in [1.54, 1.807) is 29.8 Å². The first-order chi connectivity index (χ1) is 9.81. The molecule has 0 amide bonds. The zero-order chi connectivity index (χ0) is 13.8. The van der Waals surface area contributed by atoms with Crippen molar-refractivity contribution in [2.75, 3.05) is 5.32 Å². The molecule has 0 unspecified atom stereocenters. The van der Waals surface area contributed by atoms with Gasteiger partial charge in [-0.25, -0.2) is 9.97 Å². The minimum atomic E-state index is 0.410. The van der Waals surface area contributed by atoms with Gasteiger partial charge in [-0.05, 0) is 23.6 Å². The van der Waals surface area contributed by atoms with Crippen LogP contribution in [0.2, 0.25) is 5.15 Å². The zero-order valence-electron chi connectivity index (χ0n) is 10.5. The number of hydrogen-bond donors (Lipinski definition) is 1. The normalized spacial score (nSPS) is 10.4. The number of aromatic nitrogens is 3. The number of halogens is 1. The minimum Gasteiger partial charge on any atom is -0.365 e. The van der Waals surface area contributed by atoms with Gasteiger partial charge in [-0.2, -0.15) is 0 Å². The van der Waals surface area contributed by atoms with Gasteiger partial charge in [0, 0.05) is 28.9 Å². The molecule has 6 heteroatoms. The van der Waals surface area contributed by atoms with Crippen molar-refractivity contribution in [1.82, 2.24) is 15.0 Å². The van der Waals surface area contributed by atoms with Crippen LogP contribution in [0.5, 0.6) is 0 Å². The van der Waals surface area contributed by atoms with E-state index in [2.05, 4.69) is 26.3 Å². The van der Waals surface area contributed by atoms with Crippen LogP contribution < -0.4 is 5.32 Å². The van der Waals surface area contributed by atoms with Crippen molar-refractivity contribution in [2.24, 2.45) is 0 Å². The first-order valence-electron chi connectivity index (χ1n) is 6.02. The highest BCUT2D eigenvalue weighted by Crippen LogP contribution is 2.20. The Balaban J connectivity index is 1.83. The van der Waals surface area contributed by atoms with Crippen LogP contribution in [0, 0.1) is 0 Å². The molecule has 3 aromatic rings. The summed E-state index contributed by atoms with van der Waals surface area (Å²) in [5, 5.41) is 5.71. The molecule has 0 aromatic carbocycles. The summed E-state index contributed by atoms with van der Waals surface area (Å²) < 4.78 is 0. The molecule has 0 aliphatic heterocycles. The Kier molecular flexibility index (Phi) is 3.90. The van der Waals surface area contributed by atoms with E-state index in [9.17, 15) is 0 Å². The summed E-state index contributed by atoms with van der Waals surface area (Å²) in [7, 11) is 0. The van der Waals surface area contributed by atoms with Crippen LogP contribution in [0.1, 0.15) is 4.88 Å². The monoisotopic (exact) mass is 302 g/mol. The molecule has 0 aliphatic rings. The highest BCUT2D eigenvalue weighted by atomic mass is 35.5. The average molecular weight is 303 g/mol. The van der Waals surface area contributed by atoms with E-state index in [1.165, 1.54) is 4.88 Å². The van der Waals surface area contributed by atoms with Crippen molar-refractivity contribution in [1.29, 1.82) is 0 Å². The SMILES string of the molecule is Clc1cc(NCc2cccs2)nc(-c2cccnc2)n1. The lowest BCUT2D eigenvalue weighted by Crippen LogP contribution is -2.02. The Morgan fingerprint density at radius 3 is 2.90 bits per heavy atom. The summed E-state index contributed by atoms with van der Waals surface area (Å²) >= 11 is 7.75. The minimum absolute atomic E-state index is 0.410. The first kappa shape index (κ1) is 13.0. The highest BCUT2D eigenvalue weighted by molar-refractivity contribution is 7.09.